The van der Waals surface area contributed by atoms with Gasteiger partial charge in [0.2, 0.25) is 10.0 Å². The fraction of sp³-hybridized carbons (Fsp3) is 0.571. The Bertz CT molecular complexity index is 613. The Morgan fingerprint density at radius 3 is 2.67 bits per heavy atom. The third-order valence-electron chi connectivity index (χ3n) is 3.77. The van der Waals surface area contributed by atoms with Crippen LogP contribution in [0.5, 0.6) is 11.5 Å². The van der Waals surface area contributed by atoms with E-state index in [2.05, 4.69) is 4.72 Å². The minimum Gasteiger partial charge on any atom is -0.490 e. The summed E-state index contributed by atoms with van der Waals surface area (Å²) >= 11 is 0. The van der Waals surface area contributed by atoms with E-state index >= 15 is 0 Å². The lowest BCUT2D eigenvalue weighted by atomic mass is 10.2. The van der Waals surface area contributed by atoms with Gasteiger partial charge in [0, 0.05) is 25.1 Å². The topological polar surface area (TPSA) is 90.7 Å². The monoisotopic (exact) mass is 312 g/mol. The van der Waals surface area contributed by atoms with E-state index in [-0.39, 0.29) is 17.5 Å². The smallest absolute Gasteiger partial charge is 0.240 e. The summed E-state index contributed by atoms with van der Waals surface area (Å²) < 4.78 is 38.2. The standard InChI is InChI=1S/C14H20N2O4S/c15-12(10-2-3-10)9-16-21(17,18)11-4-5-13-14(8-11)20-7-1-6-19-13/h4-5,8,10,12,16H,1-3,6-7,9,15H2. The number of nitrogens with one attached hydrogen (secondary N) is 1. The van der Waals surface area contributed by atoms with Gasteiger partial charge in [0.05, 0.1) is 18.1 Å². The lowest BCUT2D eigenvalue weighted by Gasteiger charge is -2.13. The molecule has 1 aliphatic heterocycles. The molecule has 0 radical (unpaired) electrons. The Labute approximate surface area is 124 Å². The summed E-state index contributed by atoms with van der Waals surface area (Å²) in [7, 11) is -3.57. The van der Waals surface area contributed by atoms with Gasteiger partial charge in [0.15, 0.2) is 11.5 Å². The summed E-state index contributed by atoms with van der Waals surface area (Å²) in [5.74, 6) is 1.51. The number of benzene rings is 1. The largest absolute Gasteiger partial charge is 0.490 e. The molecule has 7 heteroatoms. The normalized spacial score (nSPS) is 19.9. The lowest BCUT2D eigenvalue weighted by molar-refractivity contribution is 0.297. The molecule has 1 atom stereocenters. The predicted molar refractivity (Wildman–Crippen MR) is 77.9 cm³/mol. The number of fused-ring (bicyclic) bond motifs is 1. The molecule has 6 nitrogen and oxygen atoms in total. The zero-order valence-corrected chi connectivity index (χ0v) is 12.6. The van der Waals surface area contributed by atoms with Crippen molar-refractivity contribution >= 4 is 10.0 Å². The molecule has 1 fully saturated rings. The number of hydrogen-bond acceptors (Lipinski definition) is 5. The minimum atomic E-state index is -3.57. The number of hydrogen-bond donors (Lipinski definition) is 2. The maximum atomic E-state index is 12.3. The average molecular weight is 312 g/mol. The second-order valence-corrected chi connectivity index (χ2v) is 7.28. The van der Waals surface area contributed by atoms with Crippen LogP contribution in [0.15, 0.2) is 23.1 Å². The van der Waals surface area contributed by atoms with Crippen molar-refractivity contribution in [2.45, 2.75) is 30.2 Å². The molecule has 1 saturated carbocycles. The van der Waals surface area contributed by atoms with Gasteiger partial charge in [0.25, 0.3) is 0 Å². The molecule has 0 spiro atoms. The highest BCUT2D eigenvalue weighted by atomic mass is 32.2. The Hall–Kier alpha value is -1.31. The maximum Gasteiger partial charge on any atom is 0.240 e. The van der Waals surface area contributed by atoms with Crippen molar-refractivity contribution in [1.82, 2.24) is 4.72 Å². The van der Waals surface area contributed by atoms with Crippen molar-refractivity contribution in [1.29, 1.82) is 0 Å². The van der Waals surface area contributed by atoms with E-state index in [1.54, 1.807) is 6.07 Å². The Morgan fingerprint density at radius 1 is 1.24 bits per heavy atom. The second-order valence-electron chi connectivity index (χ2n) is 5.51. The van der Waals surface area contributed by atoms with Gasteiger partial charge >= 0.3 is 0 Å². The molecule has 2 aliphatic rings. The van der Waals surface area contributed by atoms with Gasteiger partial charge in [-0.25, -0.2) is 13.1 Å². The molecule has 1 aliphatic carbocycles. The summed E-state index contributed by atoms with van der Waals surface area (Å²) in [5, 5.41) is 0. The molecular formula is C14H20N2O4S. The summed E-state index contributed by atoms with van der Waals surface area (Å²) in [6, 6.07) is 4.56. The molecule has 0 saturated heterocycles. The maximum absolute atomic E-state index is 12.3. The minimum absolute atomic E-state index is 0.111. The van der Waals surface area contributed by atoms with Crippen LogP contribution in [0.1, 0.15) is 19.3 Å². The van der Waals surface area contributed by atoms with Crippen molar-refractivity contribution in [3.63, 3.8) is 0 Å². The molecule has 1 aromatic rings. The van der Waals surface area contributed by atoms with Crippen LogP contribution in [-0.4, -0.2) is 34.2 Å². The van der Waals surface area contributed by atoms with E-state index in [9.17, 15) is 8.42 Å². The Balaban J connectivity index is 1.73. The Morgan fingerprint density at radius 2 is 1.95 bits per heavy atom. The van der Waals surface area contributed by atoms with E-state index in [4.69, 9.17) is 15.2 Å². The number of sulfonamides is 1. The fourth-order valence-corrected chi connectivity index (χ4v) is 3.38. The van der Waals surface area contributed by atoms with Crippen LogP contribution in [0.4, 0.5) is 0 Å². The van der Waals surface area contributed by atoms with Crippen molar-refractivity contribution in [2.24, 2.45) is 11.7 Å². The van der Waals surface area contributed by atoms with Crippen molar-refractivity contribution in [3.8, 4) is 11.5 Å². The van der Waals surface area contributed by atoms with E-state index in [0.717, 1.165) is 19.3 Å². The summed E-state index contributed by atoms with van der Waals surface area (Å²) in [6.07, 6.45) is 2.96. The molecule has 21 heavy (non-hydrogen) atoms. The summed E-state index contributed by atoms with van der Waals surface area (Å²) in [6.45, 7) is 1.37. The SMILES string of the molecule is NC(CNS(=O)(=O)c1ccc2c(c1)OCCCO2)C1CC1. The van der Waals surface area contributed by atoms with Gasteiger partial charge in [-0.3, -0.25) is 0 Å². The van der Waals surface area contributed by atoms with Crippen LogP contribution >= 0.6 is 0 Å². The molecule has 1 unspecified atom stereocenters. The average Bonchev–Trinajstić information content (AvgIpc) is 3.30. The molecule has 1 heterocycles. The first-order valence-electron chi connectivity index (χ1n) is 7.21. The first-order valence-corrected chi connectivity index (χ1v) is 8.69. The molecule has 116 valence electrons. The van der Waals surface area contributed by atoms with E-state index in [1.165, 1.54) is 12.1 Å². The highest BCUT2D eigenvalue weighted by molar-refractivity contribution is 7.89. The molecule has 3 rings (SSSR count). The predicted octanol–water partition coefficient (Wildman–Crippen LogP) is 0.863. The van der Waals surface area contributed by atoms with E-state index < -0.39 is 10.0 Å². The van der Waals surface area contributed by atoms with Crippen LogP contribution < -0.4 is 19.9 Å². The highest BCUT2D eigenvalue weighted by Crippen LogP contribution is 2.33. The first-order chi connectivity index (χ1) is 10.1. The van der Waals surface area contributed by atoms with Gasteiger partial charge in [-0.1, -0.05) is 0 Å². The zero-order valence-electron chi connectivity index (χ0n) is 11.7. The molecular weight excluding hydrogens is 292 g/mol. The van der Waals surface area contributed by atoms with Crippen LogP contribution in [-0.2, 0) is 10.0 Å². The third-order valence-corrected chi connectivity index (χ3v) is 5.19. The number of nitrogens with two attached hydrogens (primary N) is 1. The Kier molecular flexibility index (Phi) is 4.05. The van der Waals surface area contributed by atoms with Crippen molar-refractivity contribution < 1.29 is 17.9 Å². The van der Waals surface area contributed by atoms with Gasteiger partial charge in [-0.15, -0.1) is 0 Å². The van der Waals surface area contributed by atoms with Gasteiger partial charge in [-0.05, 0) is 30.9 Å². The fourth-order valence-electron chi connectivity index (χ4n) is 2.29. The lowest BCUT2D eigenvalue weighted by Crippen LogP contribution is -2.38. The quantitative estimate of drug-likeness (QED) is 0.841. The van der Waals surface area contributed by atoms with Crippen LogP contribution in [0.25, 0.3) is 0 Å². The van der Waals surface area contributed by atoms with Gasteiger partial charge < -0.3 is 15.2 Å². The molecule has 0 amide bonds. The summed E-state index contributed by atoms with van der Waals surface area (Å²) in [5.41, 5.74) is 5.92. The van der Waals surface area contributed by atoms with E-state index in [0.29, 0.717) is 30.6 Å². The van der Waals surface area contributed by atoms with E-state index in [1.807, 2.05) is 0 Å². The molecule has 1 aromatic carbocycles. The van der Waals surface area contributed by atoms with Crippen LogP contribution in [0.2, 0.25) is 0 Å². The van der Waals surface area contributed by atoms with Gasteiger partial charge in [0.1, 0.15) is 0 Å². The second kappa shape index (κ2) is 5.82. The molecule has 3 N–H and O–H groups in total. The first kappa shape index (κ1) is 14.6. The van der Waals surface area contributed by atoms with Crippen molar-refractivity contribution in [2.75, 3.05) is 19.8 Å². The van der Waals surface area contributed by atoms with Crippen LogP contribution in [0, 0.1) is 5.92 Å². The zero-order chi connectivity index (χ0) is 14.9. The number of rotatable bonds is 5. The van der Waals surface area contributed by atoms with Gasteiger partial charge in [-0.2, -0.15) is 0 Å². The highest BCUT2D eigenvalue weighted by Gasteiger charge is 2.29. The molecule has 0 bridgehead atoms. The summed E-state index contributed by atoms with van der Waals surface area (Å²) in [4.78, 5) is 0.176. The molecule has 0 aromatic heterocycles. The van der Waals surface area contributed by atoms with Crippen molar-refractivity contribution in [3.05, 3.63) is 18.2 Å². The third kappa shape index (κ3) is 3.48. The van der Waals surface area contributed by atoms with Crippen LogP contribution in [0.3, 0.4) is 0 Å². The number of ether oxygens (including phenoxy) is 2.